The maximum Gasteiger partial charge on any atom is 0.160 e. The van der Waals surface area contributed by atoms with Crippen LogP contribution in [0.1, 0.15) is 0 Å². The van der Waals surface area contributed by atoms with Crippen molar-refractivity contribution in [1.29, 1.82) is 0 Å². The number of hydrogen-bond acceptors (Lipinski definition) is 3. The SMILES string of the molecule is OCC(O)CNc1cc(F)c(F)cc1Br. The quantitative estimate of drug-likeness (QED) is 0.733. The van der Waals surface area contributed by atoms with E-state index in [1.54, 1.807) is 0 Å². The lowest BCUT2D eigenvalue weighted by Gasteiger charge is -2.11. The molecule has 1 aromatic rings. The topological polar surface area (TPSA) is 52.5 Å². The number of benzene rings is 1. The highest BCUT2D eigenvalue weighted by Gasteiger charge is 2.09. The smallest absolute Gasteiger partial charge is 0.160 e. The van der Waals surface area contributed by atoms with E-state index in [2.05, 4.69) is 21.2 Å². The molecule has 1 aromatic carbocycles. The van der Waals surface area contributed by atoms with Gasteiger partial charge in [-0.25, -0.2) is 8.78 Å². The predicted octanol–water partition coefficient (Wildman–Crippen LogP) is 1.49. The van der Waals surface area contributed by atoms with Gasteiger partial charge < -0.3 is 15.5 Å². The maximum atomic E-state index is 12.8. The highest BCUT2D eigenvalue weighted by Crippen LogP contribution is 2.25. The number of aliphatic hydroxyl groups is 2. The van der Waals surface area contributed by atoms with Crippen LogP contribution in [0.15, 0.2) is 16.6 Å². The van der Waals surface area contributed by atoms with Gasteiger partial charge in [-0.1, -0.05) is 0 Å². The Morgan fingerprint density at radius 1 is 1.33 bits per heavy atom. The molecule has 0 radical (unpaired) electrons. The first-order valence-electron chi connectivity index (χ1n) is 4.22. The van der Waals surface area contributed by atoms with Crippen LogP contribution in [0.5, 0.6) is 0 Å². The molecule has 84 valence electrons. The van der Waals surface area contributed by atoms with Crippen LogP contribution in [0.3, 0.4) is 0 Å². The summed E-state index contributed by atoms with van der Waals surface area (Å²) in [5, 5.41) is 20.3. The Morgan fingerprint density at radius 3 is 2.53 bits per heavy atom. The molecule has 0 heterocycles. The first kappa shape index (κ1) is 12.4. The second-order valence-corrected chi connectivity index (χ2v) is 3.82. The third-order valence-corrected chi connectivity index (χ3v) is 2.40. The van der Waals surface area contributed by atoms with Crippen LogP contribution in [0, 0.1) is 11.6 Å². The summed E-state index contributed by atoms with van der Waals surface area (Å²) in [4.78, 5) is 0. The zero-order valence-corrected chi connectivity index (χ0v) is 9.26. The van der Waals surface area contributed by atoms with Gasteiger partial charge in [0.05, 0.1) is 18.4 Å². The molecule has 0 amide bonds. The second kappa shape index (κ2) is 5.39. The van der Waals surface area contributed by atoms with E-state index < -0.39 is 24.3 Å². The van der Waals surface area contributed by atoms with E-state index in [0.717, 1.165) is 12.1 Å². The van der Waals surface area contributed by atoms with Crippen molar-refractivity contribution in [3.63, 3.8) is 0 Å². The summed E-state index contributed by atoms with van der Waals surface area (Å²) < 4.78 is 25.9. The largest absolute Gasteiger partial charge is 0.394 e. The van der Waals surface area contributed by atoms with Gasteiger partial charge in [-0.3, -0.25) is 0 Å². The first-order valence-corrected chi connectivity index (χ1v) is 5.01. The molecule has 3 nitrogen and oxygen atoms in total. The van der Waals surface area contributed by atoms with Gasteiger partial charge in [0.25, 0.3) is 0 Å². The van der Waals surface area contributed by atoms with Crippen molar-refractivity contribution in [3.8, 4) is 0 Å². The molecule has 0 bridgehead atoms. The van der Waals surface area contributed by atoms with Gasteiger partial charge in [-0.2, -0.15) is 0 Å². The van der Waals surface area contributed by atoms with E-state index in [-0.39, 0.29) is 6.54 Å². The van der Waals surface area contributed by atoms with Crippen LogP contribution < -0.4 is 5.32 Å². The zero-order valence-electron chi connectivity index (χ0n) is 7.67. The molecule has 1 unspecified atom stereocenters. The van der Waals surface area contributed by atoms with Crippen molar-refractivity contribution in [3.05, 3.63) is 28.2 Å². The van der Waals surface area contributed by atoms with Crippen molar-refractivity contribution < 1.29 is 19.0 Å². The molecule has 3 N–H and O–H groups in total. The van der Waals surface area contributed by atoms with Gasteiger partial charge in [-0.15, -0.1) is 0 Å². The first-order chi connectivity index (χ1) is 7.04. The molecule has 0 aliphatic heterocycles. The highest BCUT2D eigenvalue weighted by molar-refractivity contribution is 9.10. The summed E-state index contributed by atoms with van der Waals surface area (Å²) in [7, 11) is 0. The Morgan fingerprint density at radius 2 is 1.93 bits per heavy atom. The molecule has 0 saturated heterocycles. The van der Waals surface area contributed by atoms with Crippen molar-refractivity contribution in [1.82, 2.24) is 0 Å². The van der Waals surface area contributed by atoms with Crippen LogP contribution in [-0.2, 0) is 0 Å². The Balaban J connectivity index is 2.73. The summed E-state index contributed by atoms with van der Waals surface area (Å²) in [6.07, 6.45) is -0.940. The Hall–Kier alpha value is -0.720. The lowest BCUT2D eigenvalue weighted by Crippen LogP contribution is -2.23. The fourth-order valence-electron chi connectivity index (χ4n) is 0.950. The molecule has 1 rings (SSSR count). The maximum absolute atomic E-state index is 12.8. The lowest BCUT2D eigenvalue weighted by atomic mass is 10.3. The molecule has 6 heteroatoms. The fraction of sp³-hybridized carbons (Fsp3) is 0.333. The molecule has 15 heavy (non-hydrogen) atoms. The standard InChI is InChI=1S/C9H10BrF2NO2/c10-6-1-7(11)8(12)2-9(6)13-3-5(15)4-14/h1-2,5,13-15H,3-4H2. The predicted molar refractivity (Wildman–Crippen MR) is 55.6 cm³/mol. The number of anilines is 1. The van der Waals surface area contributed by atoms with E-state index in [4.69, 9.17) is 10.2 Å². The molecule has 0 fully saturated rings. The molecular weight excluding hydrogens is 272 g/mol. The van der Waals surface area contributed by atoms with Gasteiger partial charge in [-0.05, 0) is 22.0 Å². The van der Waals surface area contributed by atoms with Crippen molar-refractivity contribution in [2.24, 2.45) is 0 Å². The van der Waals surface area contributed by atoms with Gasteiger partial charge in [0.1, 0.15) is 0 Å². The molecule has 0 spiro atoms. The average Bonchev–Trinajstić information content (AvgIpc) is 2.21. The minimum absolute atomic E-state index is 0.0557. The summed E-state index contributed by atoms with van der Waals surface area (Å²) in [6.45, 7) is -0.339. The second-order valence-electron chi connectivity index (χ2n) is 2.96. The van der Waals surface area contributed by atoms with Crippen molar-refractivity contribution >= 4 is 21.6 Å². The fourth-order valence-corrected chi connectivity index (χ4v) is 1.41. The number of aliphatic hydroxyl groups excluding tert-OH is 2. The molecule has 1 atom stereocenters. The average molecular weight is 282 g/mol. The summed E-state index contributed by atoms with van der Waals surface area (Å²) in [5.41, 5.74) is 0.321. The highest BCUT2D eigenvalue weighted by atomic mass is 79.9. The van der Waals surface area contributed by atoms with Gasteiger partial charge in [0, 0.05) is 17.1 Å². The van der Waals surface area contributed by atoms with Crippen LogP contribution in [0.25, 0.3) is 0 Å². The van der Waals surface area contributed by atoms with E-state index >= 15 is 0 Å². The summed E-state index contributed by atoms with van der Waals surface area (Å²) in [5.74, 6) is -1.92. The number of hydrogen-bond donors (Lipinski definition) is 3. The molecule has 0 aliphatic rings. The van der Waals surface area contributed by atoms with E-state index in [0.29, 0.717) is 10.2 Å². The van der Waals surface area contributed by atoms with E-state index in [1.165, 1.54) is 0 Å². The minimum Gasteiger partial charge on any atom is -0.394 e. The molecule has 0 aliphatic carbocycles. The number of nitrogens with one attached hydrogen (secondary N) is 1. The third kappa shape index (κ3) is 3.40. The van der Waals surface area contributed by atoms with Crippen LogP contribution >= 0.6 is 15.9 Å². The lowest BCUT2D eigenvalue weighted by molar-refractivity contribution is 0.105. The van der Waals surface area contributed by atoms with E-state index in [9.17, 15) is 8.78 Å². The monoisotopic (exact) mass is 281 g/mol. The number of rotatable bonds is 4. The van der Waals surface area contributed by atoms with Crippen molar-refractivity contribution in [2.45, 2.75) is 6.10 Å². The minimum atomic E-state index is -0.973. The van der Waals surface area contributed by atoms with Crippen molar-refractivity contribution in [2.75, 3.05) is 18.5 Å². The van der Waals surface area contributed by atoms with Gasteiger partial charge >= 0.3 is 0 Å². The number of halogens is 3. The summed E-state index contributed by atoms with van der Waals surface area (Å²) in [6, 6.07) is 1.96. The Labute approximate surface area is 93.9 Å². The van der Waals surface area contributed by atoms with Gasteiger partial charge in [0.15, 0.2) is 11.6 Å². The summed E-state index contributed by atoms with van der Waals surface area (Å²) >= 11 is 3.04. The Bertz CT molecular complexity index is 349. The zero-order chi connectivity index (χ0) is 11.4. The molecule has 0 saturated carbocycles. The van der Waals surface area contributed by atoms with Crippen LogP contribution in [0.2, 0.25) is 0 Å². The van der Waals surface area contributed by atoms with Gasteiger partial charge in [0.2, 0.25) is 0 Å². The third-order valence-electron chi connectivity index (χ3n) is 1.75. The van der Waals surface area contributed by atoms with Crippen LogP contribution in [0.4, 0.5) is 14.5 Å². The Kier molecular flexibility index (Phi) is 4.44. The van der Waals surface area contributed by atoms with Crippen LogP contribution in [-0.4, -0.2) is 29.5 Å². The molecular formula is C9H10BrF2NO2. The van der Waals surface area contributed by atoms with E-state index in [1.807, 2.05) is 0 Å². The normalized spacial score (nSPS) is 12.6. The molecule has 0 aromatic heterocycles.